The van der Waals surface area contributed by atoms with Gasteiger partial charge >= 0.3 is 0 Å². The van der Waals surface area contributed by atoms with Gasteiger partial charge in [-0.3, -0.25) is 14.5 Å². The molecule has 7 heteroatoms. The Hall–Kier alpha value is -2.51. The molecular weight excluding hydrogens is 392 g/mol. The van der Waals surface area contributed by atoms with E-state index in [0.717, 1.165) is 68.7 Å². The first-order chi connectivity index (χ1) is 15.1. The zero-order valence-corrected chi connectivity index (χ0v) is 18.1. The Morgan fingerprint density at radius 2 is 1.90 bits per heavy atom. The van der Waals surface area contributed by atoms with Crippen molar-refractivity contribution >= 4 is 5.91 Å². The normalized spacial score (nSPS) is 22.5. The number of likely N-dealkylation sites (tertiary alicyclic amines) is 1. The van der Waals surface area contributed by atoms with Crippen LogP contribution in [0.15, 0.2) is 29.1 Å². The fourth-order valence-corrected chi connectivity index (χ4v) is 5.14. The van der Waals surface area contributed by atoms with Crippen molar-refractivity contribution in [2.24, 2.45) is 0 Å². The summed E-state index contributed by atoms with van der Waals surface area (Å²) in [5.41, 5.74) is 3.45. The molecule has 0 aliphatic carbocycles. The number of hydrogen-bond acceptors (Lipinski definition) is 5. The molecule has 1 unspecified atom stereocenters. The molecule has 2 saturated heterocycles. The van der Waals surface area contributed by atoms with E-state index >= 15 is 0 Å². The Balaban J connectivity index is 1.37. The lowest BCUT2D eigenvalue weighted by atomic mass is 10.0. The first kappa shape index (κ1) is 20.4. The summed E-state index contributed by atoms with van der Waals surface area (Å²) in [6.07, 6.45) is 4.57. The van der Waals surface area contributed by atoms with Crippen LogP contribution < -0.4 is 5.56 Å². The lowest BCUT2D eigenvalue weighted by Gasteiger charge is -2.37. The number of aryl methyl sites for hydroxylation is 1. The van der Waals surface area contributed by atoms with Crippen molar-refractivity contribution in [1.29, 1.82) is 0 Å². The highest BCUT2D eigenvalue weighted by Gasteiger charge is 2.34. The molecule has 3 aliphatic rings. The Kier molecular flexibility index (Phi) is 5.63. The monoisotopic (exact) mass is 422 g/mol. The van der Waals surface area contributed by atoms with Gasteiger partial charge < -0.3 is 14.6 Å². The number of carbonyl (C=O) groups excluding carboxylic acids is 1. The van der Waals surface area contributed by atoms with Gasteiger partial charge in [0.25, 0.3) is 11.5 Å². The minimum Gasteiger partial charge on any atom is -0.381 e. The third kappa shape index (κ3) is 4.04. The fraction of sp³-hybridized carbons (Fsp3) is 0.542. The van der Waals surface area contributed by atoms with E-state index in [1.807, 2.05) is 36.1 Å². The van der Waals surface area contributed by atoms with Crippen molar-refractivity contribution < 1.29 is 9.53 Å². The van der Waals surface area contributed by atoms with Gasteiger partial charge in [0.2, 0.25) is 0 Å². The van der Waals surface area contributed by atoms with Crippen LogP contribution in [0.4, 0.5) is 0 Å². The van der Waals surface area contributed by atoms with E-state index in [1.165, 1.54) is 0 Å². The predicted molar refractivity (Wildman–Crippen MR) is 117 cm³/mol. The third-order valence-corrected chi connectivity index (χ3v) is 6.95. The van der Waals surface area contributed by atoms with Gasteiger partial charge in [0, 0.05) is 50.9 Å². The number of hydrogen-bond donors (Lipinski definition) is 1. The van der Waals surface area contributed by atoms with Crippen LogP contribution in [0.5, 0.6) is 0 Å². The van der Waals surface area contributed by atoms with Gasteiger partial charge in [-0.25, -0.2) is 4.98 Å². The number of fused-ring (bicyclic) bond motifs is 1. The van der Waals surface area contributed by atoms with Crippen LogP contribution in [0.1, 0.15) is 64.7 Å². The molecule has 164 valence electrons. The maximum absolute atomic E-state index is 13.1. The van der Waals surface area contributed by atoms with Crippen molar-refractivity contribution in [3.63, 3.8) is 0 Å². The zero-order chi connectivity index (χ0) is 21.4. The molecule has 2 aromatic rings. The van der Waals surface area contributed by atoms with E-state index in [2.05, 4.69) is 9.88 Å². The Morgan fingerprint density at radius 3 is 2.68 bits per heavy atom. The molecule has 0 bridgehead atoms. The van der Waals surface area contributed by atoms with E-state index in [0.29, 0.717) is 30.5 Å². The molecule has 1 N–H and O–H groups in total. The molecule has 4 heterocycles. The number of rotatable bonds is 3. The first-order valence-electron chi connectivity index (χ1n) is 11.4. The van der Waals surface area contributed by atoms with Gasteiger partial charge in [0.1, 0.15) is 5.82 Å². The van der Waals surface area contributed by atoms with Crippen LogP contribution in [0.2, 0.25) is 0 Å². The molecule has 3 aliphatic heterocycles. The topological polar surface area (TPSA) is 78.5 Å². The summed E-state index contributed by atoms with van der Waals surface area (Å²) in [4.78, 5) is 38.3. The van der Waals surface area contributed by atoms with Crippen molar-refractivity contribution in [3.05, 3.63) is 62.8 Å². The molecular formula is C24H30N4O3. The molecule has 1 aromatic carbocycles. The number of ether oxygens (including phenoxy) is 1. The quantitative estimate of drug-likeness (QED) is 0.823. The van der Waals surface area contributed by atoms with Crippen LogP contribution >= 0.6 is 0 Å². The number of nitrogens with one attached hydrogen (secondary N) is 1. The van der Waals surface area contributed by atoms with Gasteiger partial charge in [0.05, 0.1) is 17.3 Å². The average Bonchev–Trinajstić information content (AvgIpc) is 3.29. The fourth-order valence-electron chi connectivity index (χ4n) is 5.14. The highest BCUT2D eigenvalue weighted by Crippen LogP contribution is 2.32. The lowest BCUT2D eigenvalue weighted by Crippen LogP contribution is -2.44. The van der Waals surface area contributed by atoms with E-state index in [1.54, 1.807) is 0 Å². The molecule has 7 nitrogen and oxygen atoms in total. The predicted octanol–water partition coefficient (Wildman–Crippen LogP) is 2.59. The van der Waals surface area contributed by atoms with Crippen LogP contribution in [0.25, 0.3) is 0 Å². The Bertz CT molecular complexity index is 1010. The summed E-state index contributed by atoms with van der Waals surface area (Å²) in [7, 11) is 0. The number of aromatic nitrogens is 2. The lowest BCUT2D eigenvalue weighted by molar-refractivity contribution is 0.0285. The molecule has 2 fully saturated rings. The molecule has 1 atom stereocenters. The number of H-pyrrole nitrogens is 1. The molecule has 31 heavy (non-hydrogen) atoms. The summed E-state index contributed by atoms with van der Waals surface area (Å²) in [6, 6.07) is 7.99. The number of carbonyl (C=O) groups is 1. The number of nitrogens with zero attached hydrogens (tertiary/aromatic N) is 3. The van der Waals surface area contributed by atoms with E-state index in [4.69, 9.17) is 9.72 Å². The molecule has 0 spiro atoms. The highest BCUT2D eigenvalue weighted by molar-refractivity contribution is 5.94. The SMILES string of the molecule is Cc1ccc(C(=O)N2CCCC2c2nc3c(c(=O)[nH]2)CN(C2CCOCC2)CC3)cc1. The first-order valence-corrected chi connectivity index (χ1v) is 11.4. The second kappa shape index (κ2) is 8.55. The Morgan fingerprint density at radius 1 is 1.13 bits per heavy atom. The van der Waals surface area contributed by atoms with Crippen molar-refractivity contribution in [3.8, 4) is 0 Å². The summed E-state index contributed by atoms with van der Waals surface area (Å²) in [5, 5.41) is 0. The van der Waals surface area contributed by atoms with E-state index in [-0.39, 0.29) is 17.5 Å². The molecule has 5 rings (SSSR count). The van der Waals surface area contributed by atoms with Gasteiger partial charge in [-0.1, -0.05) is 17.7 Å². The van der Waals surface area contributed by atoms with Crippen LogP contribution in [-0.2, 0) is 17.7 Å². The molecule has 0 saturated carbocycles. The molecule has 1 aromatic heterocycles. The van der Waals surface area contributed by atoms with Crippen molar-refractivity contribution in [2.75, 3.05) is 26.3 Å². The zero-order valence-electron chi connectivity index (χ0n) is 18.1. The number of aromatic amines is 1. The second-order valence-electron chi connectivity index (χ2n) is 8.96. The average molecular weight is 423 g/mol. The number of amides is 1. The minimum atomic E-state index is -0.166. The maximum Gasteiger partial charge on any atom is 0.255 e. The maximum atomic E-state index is 13.1. The van der Waals surface area contributed by atoms with Gasteiger partial charge in [-0.2, -0.15) is 0 Å². The van der Waals surface area contributed by atoms with Gasteiger partial charge in [-0.15, -0.1) is 0 Å². The summed E-state index contributed by atoms with van der Waals surface area (Å²) in [5.74, 6) is 0.648. The van der Waals surface area contributed by atoms with Crippen molar-refractivity contribution in [1.82, 2.24) is 19.8 Å². The highest BCUT2D eigenvalue weighted by atomic mass is 16.5. The summed E-state index contributed by atoms with van der Waals surface area (Å²) >= 11 is 0. The van der Waals surface area contributed by atoms with Gasteiger partial charge in [-0.05, 0) is 44.7 Å². The summed E-state index contributed by atoms with van der Waals surface area (Å²) < 4.78 is 5.48. The second-order valence-corrected chi connectivity index (χ2v) is 8.96. The number of benzene rings is 1. The largest absolute Gasteiger partial charge is 0.381 e. The van der Waals surface area contributed by atoms with Gasteiger partial charge in [0.15, 0.2) is 0 Å². The van der Waals surface area contributed by atoms with Crippen LogP contribution in [0, 0.1) is 6.92 Å². The molecule has 1 amide bonds. The van der Waals surface area contributed by atoms with Crippen LogP contribution in [0.3, 0.4) is 0 Å². The summed E-state index contributed by atoms with van der Waals surface area (Å²) in [6.45, 7) is 5.87. The Labute approximate surface area is 182 Å². The van der Waals surface area contributed by atoms with E-state index in [9.17, 15) is 9.59 Å². The standard InChI is InChI=1S/C24H30N4O3/c1-16-4-6-17(7-5-16)24(30)28-11-2-3-21(28)22-25-20-8-12-27(15-19(20)23(29)26-22)18-9-13-31-14-10-18/h4-7,18,21H,2-3,8-15H2,1H3,(H,25,26,29). The molecule has 0 radical (unpaired) electrons. The third-order valence-electron chi connectivity index (χ3n) is 6.95. The minimum absolute atomic E-state index is 0.00793. The van der Waals surface area contributed by atoms with E-state index < -0.39 is 0 Å². The van der Waals surface area contributed by atoms with Crippen molar-refractivity contribution in [2.45, 2.75) is 57.7 Å². The smallest absolute Gasteiger partial charge is 0.255 e. The van der Waals surface area contributed by atoms with Crippen LogP contribution in [-0.4, -0.2) is 58.0 Å².